The van der Waals surface area contributed by atoms with E-state index in [1.165, 1.54) is 54.9 Å². The molecule has 1 heteroatoms. The Bertz CT molecular complexity index is 2220. The summed E-state index contributed by atoms with van der Waals surface area (Å²) in [7, 11) is 0. The summed E-state index contributed by atoms with van der Waals surface area (Å²) in [5.74, 6) is 0. The minimum absolute atomic E-state index is 1.12. The van der Waals surface area contributed by atoms with Gasteiger partial charge in [0, 0.05) is 17.1 Å². The number of anilines is 3. The normalized spacial score (nSPS) is 11.1. The topological polar surface area (TPSA) is 3.24 Å². The highest BCUT2D eigenvalue weighted by Gasteiger charge is 2.20. The fourth-order valence-electron chi connectivity index (χ4n) is 6.59. The van der Waals surface area contributed by atoms with Gasteiger partial charge in [0.25, 0.3) is 0 Å². The number of hydrogen-bond donors (Lipinski definition) is 0. The number of benzene rings is 8. The Kier molecular flexibility index (Phi) is 6.90. The molecule has 0 aliphatic carbocycles. The Labute approximate surface area is 264 Å². The van der Waals surface area contributed by atoms with Crippen molar-refractivity contribution in [2.24, 2.45) is 0 Å². The molecule has 0 atom stereocenters. The Morgan fingerprint density at radius 3 is 1.24 bits per heavy atom. The van der Waals surface area contributed by atoms with Gasteiger partial charge in [0.1, 0.15) is 0 Å². The van der Waals surface area contributed by atoms with E-state index in [4.69, 9.17) is 0 Å². The van der Waals surface area contributed by atoms with Gasteiger partial charge in [-0.15, -0.1) is 0 Å². The van der Waals surface area contributed by atoms with Crippen LogP contribution < -0.4 is 4.90 Å². The van der Waals surface area contributed by atoms with Crippen LogP contribution in [0, 0.1) is 0 Å². The summed E-state index contributed by atoms with van der Waals surface area (Å²) in [4.78, 5) is 2.36. The van der Waals surface area contributed by atoms with Crippen LogP contribution in [0.15, 0.2) is 188 Å². The predicted octanol–water partition coefficient (Wildman–Crippen LogP) is 12.5. The van der Waals surface area contributed by atoms with Gasteiger partial charge in [-0.1, -0.05) is 152 Å². The molecule has 0 aliphatic heterocycles. The second kappa shape index (κ2) is 11.6. The summed E-state index contributed by atoms with van der Waals surface area (Å²) in [6.07, 6.45) is 0. The first kappa shape index (κ1) is 26.7. The summed E-state index contributed by atoms with van der Waals surface area (Å²) in [5.41, 5.74) is 10.7. The quantitative estimate of drug-likeness (QED) is 0.179. The molecule has 0 radical (unpaired) electrons. The molecule has 8 rings (SSSR count). The lowest BCUT2D eigenvalue weighted by Gasteiger charge is -2.27. The largest absolute Gasteiger partial charge is 0.310 e. The van der Waals surface area contributed by atoms with E-state index in [2.05, 4.69) is 193 Å². The van der Waals surface area contributed by atoms with Gasteiger partial charge in [0.05, 0.1) is 0 Å². The van der Waals surface area contributed by atoms with Gasteiger partial charge >= 0.3 is 0 Å². The van der Waals surface area contributed by atoms with Crippen molar-refractivity contribution in [1.29, 1.82) is 0 Å². The molecule has 0 spiro atoms. The first-order valence-corrected chi connectivity index (χ1v) is 15.5. The van der Waals surface area contributed by atoms with E-state index in [1.807, 2.05) is 0 Å². The molecule has 0 bridgehead atoms. The summed E-state index contributed by atoms with van der Waals surface area (Å²) < 4.78 is 0. The van der Waals surface area contributed by atoms with Crippen molar-refractivity contribution in [3.05, 3.63) is 188 Å². The molecule has 212 valence electrons. The molecule has 0 heterocycles. The highest BCUT2D eigenvalue weighted by atomic mass is 15.1. The second-order valence-electron chi connectivity index (χ2n) is 11.3. The van der Waals surface area contributed by atoms with Crippen LogP contribution in [0.25, 0.3) is 54.9 Å². The van der Waals surface area contributed by atoms with E-state index in [1.54, 1.807) is 0 Å². The Balaban J connectivity index is 1.40. The minimum atomic E-state index is 1.12. The van der Waals surface area contributed by atoms with Gasteiger partial charge in [-0.25, -0.2) is 0 Å². The number of nitrogens with zero attached hydrogens (tertiary/aromatic N) is 1. The molecular weight excluding hydrogens is 542 g/mol. The molecule has 45 heavy (non-hydrogen) atoms. The molecule has 0 amide bonds. The van der Waals surface area contributed by atoms with Crippen LogP contribution in [0.3, 0.4) is 0 Å². The molecular formula is C44H31N. The van der Waals surface area contributed by atoms with Crippen molar-refractivity contribution in [3.63, 3.8) is 0 Å². The van der Waals surface area contributed by atoms with Crippen LogP contribution in [-0.4, -0.2) is 0 Å². The third-order valence-corrected chi connectivity index (χ3v) is 8.64. The van der Waals surface area contributed by atoms with E-state index < -0.39 is 0 Å². The van der Waals surface area contributed by atoms with Crippen LogP contribution in [0.4, 0.5) is 17.1 Å². The molecule has 0 saturated heterocycles. The zero-order chi connectivity index (χ0) is 30.0. The van der Waals surface area contributed by atoms with Crippen molar-refractivity contribution in [2.75, 3.05) is 4.90 Å². The SMILES string of the molecule is c1ccc(-c2ccc(N(c3ccccc3)c3ccc4c(c3)c(-c3ccccc3)c(-c3ccccc3)c3ccccc34)cc2)cc1. The van der Waals surface area contributed by atoms with Crippen LogP contribution in [-0.2, 0) is 0 Å². The third-order valence-electron chi connectivity index (χ3n) is 8.64. The lowest BCUT2D eigenvalue weighted by atomic mass is 9.85. The summed E-state index contributed by atoms with van der Waals surface area (Å²) in [6.45, 7) is 0. The molecule has 0 aromatic heterocycles. The van der Waals surface area contributed by atoms with Crippen LogP contribution in [0.5, 0.6) is 0 Å². The molecule has 1 nitrogen and oxygen atoms in total. The van der Waals surface area contributed by atoms with Gasteiger partial charge in [-0.05, 0) is 91.3 Å². The highest BCUT2D eigenvalue weighted by molar-refractivity contribution is 6.22. The monoisotopic (exact) mass is 573 g/mol. The first-order valence-electron chi connectivity index (χ1n) is 15.5. The Hall–Kier alpha value is -5.92. The lowest BCUT2D eigenvalue weighted by molar-refractivity contribution is 1.29. The zero-order valence-corrected chi connectivity index (χ0v) is 24.8. The first-order chi connectivity index (χ1) is 22.3. The highest BCUT2D eigenvalue weighted by Crippen LogP contribution is 2.46. The standard InChI is InChI=1S/C44H31N/c1-5-15-32(16-6-1)33-25-27-37(28-26-33)45(36-21-11-4-12-22-36)38-29-30-40-39-23-13-14-24-41(39)43(34-17-7-2-8-18-34)44(42(40)31-38)35-19-9-3-10-20-35/h1-31H. The van der Waals surface area contributed by atoms with Crippen LogP contribution in [0.1, 0.15) is 0 Å². The van der Waals surface area contributed by atoms with E-state index in [0.717, 1.165) is 17.1 Å². The maximum Gasteiger partial charge on any atom is 0.0468 e. The van der Waals surface area contributed by atoms with E-state index in [0.29, 0.717) is 0 Å². The predicted molar refractivity (Wildman–Crippen MR) is 192 cm³/mol. The van der Waals surface area contributed by atoms with Crippen LogP contribution in [0.2, 0.25) is 0 Å². The van der Waals surface area contributed by atoms with E-state index in [9.17, 15) is 0 Å². The van der Waals surface area contributed by atoms with Crippen LogP contribution >= 0.6 is 0 Å². The molecule has 0 fully saturated rings. The third kappa shape index (κ3) is 4.95. The lowest BCUT2D eigenvalue weighted by Crippen LogP contribution is -2.09. The fourth-order valence-corrected chi connectivity index (χ4v) is 6.59. The smallest absolute Gasteiger partial charge is 0.0468 e. The number of para-hydroxylation sites is 1. The van der Waals surface area contributed by atoms with Crippen molar-refractivity contribution in [3.8, 4) is 33.4 Å². The Morgan fingerprint density at radius 2 is 0.644 bits per heavy atom. The fraction of sp³-hybridized carbons (Fsp3) is 0. The number of rotatable bonds is 6. The maximum absolute atomic E-state index is 2.38. The van der Waals surface area contributed by atoms with Crippen molar-refractivity contribution >= 4 is 38.6 Å². The van der Waals surface area contributed by atoms with Gasteiger partial charge < -0.3 is 4.90 Å². The van der Waals surface area contributed by atoms with Crippen molar-refractivity contribution in [2.45, 2.75) is 0 Å². The second-order valence-corrected chi connectivity index (χ2v) is 11.3. The van der Waals surface area contributed by atoms with E-state index in [-0.39, 0.29) is 0 Å². The van der Waals surface area contributed by atoms with Gasteiger partial charge in [0.2, 0.25) is 0 Å². The molecule has 0 unspecified atom stereocenters. The average molecular weight is 574 g/mol. The van der Waals surface area contributed by atoms with Gasteiger partial charge in [-0.3, -0.25) is 0 Å². The summed E-state index contributed by atoms with van der Waals surface area (Å²) in [5, 5.41) is 5.01. The summed E-state index contributed by atoms with van der Waals surface area (Å²) in [6, 6.07) is 67.6. The minimum Gasteiger partial charge on any atom is -0.310 e. The number of hydrogen-bond acceptors (Lipinski definition) is 1. The Morgan fingerprint density at radius 1 is 0.244 bits per heavy atom. The van der Waals surface area contributed by atoms with Gasteiger partial charge in [0.15, 0.2) is 0 Å². The molecule has 8 aromatic rings. The molecule has 0 saturated carbocycles. The molecule has 8 aromatic carbocycles. The average Bonchev–Trinajstić information content (AvgIpc) is 3.13. The maximum atomic E-state index is 2.38. The number of fused-ring (bicyclic) bond motifs is 3. The summed E-state index contributed by atoms with van der Waals surface area (Å²) >= 11 is 0. The van der Waals surface area contributed by atoms with Crippen molar-refractivity contribution < 1.29 is 0 Å². The molecule has 0 N–H and O–H groups in total. The van der Waals surface area contributed by atoms with Crippen molar-refractivity contribution in [1.82, 2.24) is 0 Å². The van der Waals surface area contributed by atoms with E-state index >= 15 is 0 Å². The molecule has 0 aliphatic rings. The van der Waals surface area contributed by atoms with Gasteiger partial charge in [-0.2, -0.15) is 0 Å². The zero-order valence-electron chi connectivity index (χ0n) is 24.8.